The fourth-order valence-electron chi connectivity index (χ4n) is 2.61. The summed E-state index contributed by atoms with van der Waals surface area (Å²) in [5.74, 6) is 0. The number of aromatic amines is 2. The van der Waals surface area contributed by atoms with Crippen LogP contribution in [0.5, 0.6) is 0 Å². The quantitative estimate of drug-likeness (QED) is 0.379. The molecule has 4 aromatic rings. The van der Waals surface area contributed by atoms with E-state index in [1.807, 2.05) is 31.2 Å². The van der Waals surface area contributed by atoms with Crippen LogP contribution in [-0.4, -0.2) is 9.97 Å². The van der Waals surface area contributed by atoms with Crippen LogP contribution in [0.25, 0.3) is 32.8 Å². The number of imidazole rings is 1. The summed E-state index contributed by atoms with van der Waals surface area (Å²) < 4.78 is 5.41. The van der Waals surface area contributed by atoms with E-state index in [0.29, 0.717) is 22.0 Å². The molecule has 0 aliphatic carbocycles. The van der Waals surface area contributed by atoms with Crippen molar-refractivity contribution in [2.45, 2.75) is 6.92 Å². The number of fused-ring (bicyclic) bond motifs is 5. The molecule has 0 bridgehead atoms. The van der Waals surface area contributed by atoms with Gasteiger partial charge in [0.1, 0.15) is 5.52 Å². The molecule has 2 N–H and O–H groups in total. The van der Waals surface area contributed by atoms with Crippen LogP contribution in [0.3, 0.4) is 0 Å². The molecule has 0 saturated carbocycles. The molecule has 0 aliphatic heterocycles. The number of rotatable bonds is 0. The number of benzene rings is 2. The van der Waals surface area contributed by atoms with E-state index in [9.17, 15) is 9.59 Å². The lowest BCUT2D eigenvalue weighted by molar-refractivity contribution is 0.572. The first-order chi connectivity index (χ1) is 9.63. The zero-order chi connectivity index (χ0) is 13.9. The Labute approximate surface area is 111 Å². The number of H-pyrrole nitrogens is 2. The van der Waals surface area contributed by atoms with Crippen molar-refractivity contribution in [2.24, 2.45) is 0 Å². The highest BCUT2D eigenvalue weighted by atomic mass is 16.4. The molecule has 0 unspecified atom stereocenters. The summed E-state index contributed by atoms with van der Waals surface area (Å²) in [4.78, 5) is 28.8. The monoisotopic (exact) mass is 266 g/mol. The topological polar surface area (TPSA) is 78.9 Å². The van der Waals surface area contributed by atoms with E-state index in [4.69, 9.17) is 4.42 Å². The van der Waals surface area contributed by atoms with Crippen molar-refractivity contribution in [3.8, 4) is 0 Å². The highest BCUT2D eigenvalue weighted by Gasteiger charge is 2.11. The lowest BCUT2D eigenvalue weighted by Gasteiger charge is -2.03. The van der Waals surface area contributed by atoms with Gasteiger partial charge in [-0.15, -0.1) is 0 Å². The lowest BCUT2D eigenvalue weighted by atomic mass is 10.1. The minimum Gasteiger partial charge on any atom is -0.420 e. The molecule has 4 rings (SSSR count). The molecule has 0 radical (unpaired) electrons. The molecule has 2 heterocycles. The molecule has 0 spiro atoms. The summed E-state index contributed by atoms with van der Waals surface area (Å²) in [5, 5.41) is 2.18. The van der Waals surface area contributed by atoms with Crippen LogP contribution in [0.2, 0.25) is 0 Å². The smallest absolute Gasteiger partial charge is 0.344 e. The second-order valence-corrected chi connectivity index (χ2v) is 4.88. The molecule has 0 saturated heterocycles. The molecule has 98 valence electrons. The standard InChI is InChI=1S/C15H10N2O3/c1-7-2-3-8-9-4-5-11-12(17-15(19)16-11)13(9)20-14(18)10(8)6-7/h2-6H,1H3,(H2,16,17,19). The summed E-state index contributed by atoms with van der Waals surface area (Å²) in [7, 11) is 0. The van der Waals surface area contributed by atoms with Crippen molar-refractivity contribution in [1.82, 2.24) is 9.97 Å². The molecular weight excluding hydrogens is 256 g/mol. The Kier molecular flexibility index (Phi) is 1.99. The molecule has 2 aromatic carbocycles. The highest BCUT2D eigenvalue weighted by molar-refractivity contribution is 6.12. The molecule has 2 aromatic heterocycles. The van der Waals surface area contributed by atoms with Gasteiger partial charge in [-0.1, -0.05) is 17.7 Å². The molecule has 0 amide bonds. The maximum Gasteiger partial charge on any atom is 0.344 e. The van der Waals surface area contributed by atoms with Crippen molar-refractivity contribution >= 4 is 32.8 Å². The summed E-state index contributed by atoms with van der Waals surface area (Å²) >= 11 is 0. The van der Waals surface area contributed by atoms with Crippen molar-refractivity contribution in [3.63, 3.8) is 0 Å². The Hall–Kier alpha value is -2.82. The van der Waals surface area contributed by atoms with Gasteiger partial charge < -0.3 is 14.4 Å². The maximum atomic E-state index is 12.1. The van der Waals surface area contributed by atoms with Crippen LogP contribution in [0.15, 0.2) is 44.3 Å². The molecular formula is C15H10N2O3. The maximum absolute atomic E-state index is 12.1. The SMILES string of the molecule is Cc1ccc2c(c1)c(=O)oc1c2ccc2[nH]c(=O)[nH]c21. The third kappa shape index (κ3) is 1.37. The van der Waals surface area contributed by atoms with E-state index in [2.05, 4.69) is 9.97 Å². The van der Waals surface area contributed by atoms with E-state index >= 15 is 0 Å². The molecule has 0 atom stereocenters. The van der Waals surface area contributed by atoms with Gasteiger partial charge >= 0.3 is 11.3 Å². The first kappa shape index (κ1) is 11.0. The third-order valence-electron chi connectivity index (χ3n) is 3.52. The van der Waals surface area contributed by atoms with E-state index in [1.165, 1.54) is 0 Å². The van der Waals surface area contributed by atoms with Crippen molar-refractivity contribution in [3.05, 3.63) is 56.8 Å². The predicted octanol–water partition coefficient (Wildman–Crippen LogP) is 2.42. The Morgan fingerprint density at radius 1 is 0.950 bits per heavy atom. The number of nitrogens with one attached hydrogen (secondary N) is 2. The number of hydrogen-bond acceptors (Lipinski definition) is 3. The highest BCUT2D eigenvalue weighted by Crippen LogP contribution is 2.27. The Morgan fingerprint density at radius 3 is 2.60 bits per heavy atom. The normalized spacial score (nSPS) is 11.7. The Bertz CT molecular complexity index is 1100. The second-order valence-electron chi connectivity index (χ2n) is 4.88. The van der Waals surface area contributed by atoms with Crippen molar-refractivity contribution in [1.29, 1.82) is 0 Å². The van der Waals surface area contributed by atoms with E-state index in [0.717, 1.165) is 16.3 Å². The molecule has 0 aliphatic rings. The van der Waals surface area contributed by atoms with Gasteiger partial charge in [0.05, 0.1) is 10.9 Å². The van der Waals surface area contributed by atoms with E-state index in [-0.39, 0.29) is 5.69 Å². The number of aryl methyl sites for hydroxylation is 1. The van der Waals surface area contributed by atoms with E-state index in [1.54, 1.807) is 6.07 Å². The lowest BCUT2D eigenvalue weighted by Crippen LogP contribution is -2.01. The van der Waals surface area contributed by atoms with Crippen molar-refractivity contribution < 1.29 is 4.42 Å². The summed E-state index contributed by atoms with van der Waals surface area (Å²) in [6.45, 7) is 1.93. The van der Waals surface area contributed by atoms with Gasteiger partial charge in [0.2, 0.25) is 0 Å². The van der Waals surface area contributed by atoms with Gasteiger partial charge in [-0.2, -0.15) is 0 Å². The minimum atomic E-state index is -0.397. The first-order valence-corrected chi connectivity index (χ1v) is 6.22. The zero-order valence-corrected chi connectivity index (χ0v) is 10.6. The Morgan fingerprint density at radius 2 is 1.75 bits per heavy atom. The van der Waals surface area contributed by atoms with Gasteiger partial charge in [-0.05, 0) is 25.1 Å². The van der Waals surface area contributed by atoms with Crippen molar-refractivity contribution in [2.75, 3.05) is 0 Å². The van der Waals surface area contributed by atoms with Gasteiger partial charge in [0.15, 0.2) is 5.58 Å². The fourth-order valence-corrected chi connectivity index (χ4v) is 2.61. The predicted molar refractivity (Wildman–Crippen MR) is 77.2 cm³/mol. The summed E-state index contributed by atoms with van der Waals surface area (Å²) in [6, 6.07) is 9.31. The largest absolute Gasteiger partial charge is 0.420 e. The van der Waals surface area contributed by atoms with Gasteiger partial charge in [-0.3, -0.25) is 0 Å². The van der Waals surface area contributed by atoms with Crippen LogP contribution < -0.4 is 11.3 Å². The van der Waals surface area contributed by atoms with Gasteiger partial charge in [0.25, 0.3) is 0 Å². The fraction of sp³-hybridized carbons (Fsp3) is 0.0667. The molecule has 0 fully saturated rings. The van der Waals surface area contributed by atoms with Crippen LogP contribution in [0.4, 0.5) is 0 Å². The number of hydrogen-bond donors (Lipinski definition) is 2. The third-order valence-corrected chi connectivity index (χ3v) is 3.52. The van der Waals surface area contributed by atoms with Crippen LogP contribution in [0.1, 0.15) is 5.56 Å². The van der Waals surface area contributed by atoms with E-state index < -0.39 is 5.63 Å². The van der Waals surface area contributed by atoms with Crippen LogP contribution >= 0.6 is 0 Å². The van der Waals surface area contributed by atoms with Gasteiger partial charge in [-0.25, -0.2) is 9.59 Å². The molecule has 20 heavy (non-hydrogen) atoms. The zero-order valence-electron chi connectivity index (χ0n) is 10.6. The Balaban J connectivity index is 2.35. The molecule has 5 heteroatoms. The van der Waals surface area contributed by atoms with Crippen LogP contribution in [-0.2, 0) is 0 Å². The summed E-state index contributed by atoms with van der Waals surface area (Å²) in [5.41, 5.74) is 1.83. The number of aromatic nitrogens is 2. The minimum absolute atomic E-state index is 0.320. The average molecular weight is 266 g/mol. The van der Waals surface area contributed by atoms with Crippen LogP contribution in [0, 0.1) is 6.92 Å². The van der Waals surface area contributed by atoms with Gasteiger partial charge in [0, 0.05) is 10.8 Å². The second kappa shape index (κ2) is 3.60. The first-order valence-electron chi connectivity index (χ1n) is 6.22. The molecule has 5 nitrogen and oxygen atoms in total. The average Bonchev–Trinajstić information content (AvgIpc) is 2.80. The summed E-state index contributed by atoms with van der Waals surface area (Å²) in [6.07, 6.45) is 0.